The van der Waals surface area contributed by atoms with Crippen molar-refractivity contribution in [1.82, 2.24) is 14.9 Å². The summed E-state index contributed by atoms with van der Waals surface area (Å²) in [5.74, 6) is 2.79. The van der Waals surface area contributed by atoms with E-state index in [0.29, 0.717) is 22.9 Å². The number of ether oxygens (including phenoxy) is 4. The lowest BCUT2D eigenvalue weighted by Crippen LogP contribution is -2.44. The fraction of sp³-hybridized carbons (Fsp3) is 0.324. The lowest BCUT2D eigenvalue weighted by atomic mass is 10.1. The van der Waals surface area contributed by atoms with Gasteiger partial charge < -0.3 is 34.1 Å². The van der Waals surface area contributed by atoms with Gasteiger partial charge in [0.1, 0.15) is 28.8 Å². The van der Waals surface area contributed by atoms with Crippen molar-refractivity contribution in [2.75, 3.05) is 69.7 Å². The molecule has 11 heteroatoms. The summed E-state index contributed by atoms with van der Waals surface area (Å²) >= 11 is 0. The molecule has 1 saturated heterocycles. The van der Waals surface area contributed by atoms with E-state index in [9.17, 15) is 4.79 Å². The second-order valence-corrected chi connectivity index (χ2v) is 11.0. The molecule has 236 valence electrons. The smallest absolute Gasteiger partial charge is 0.425 e. The average Bonchev–Trinajstić information content (AvgIpc) is 3.03. The molecule has 0 spiro atoms. The lowest BCUT2D eigenvalue weighted by molar-refractivity contribution is 0.209. The fourth-order valence-electron chi connectivity index (χ4n) is 5.47. The van der Waals surface area contributed by atoms with Gasteiger partial charge in [0.15, 0.2) is 0 Å². The number of nitrogens with zero attached hydrogens (tertiary/aromatic N) is 5. The predicted molar refractivity (Wildman–Crippen MR) is 176 cm³/mol. The van der Waals surface area contributed by atoms with Crippen molar-refractivity contribution in [3.05, 3.63) is 77.5 Å². The molecular formula is C34H40N6O5. The minimum absolute atomic E-state index is 0.282. The van der Waals surface area contributed by atoms with E-state index in [2.05, 4.69) is 27.1 Å². The minimum Gasteiger partial charge on any atom is -0.497 e. The number of likely N-dealkylation sites (N-methyl/N-ethyl adjacent to an activating group) is 1. The lowest BCUT2D eigenvalue weighted by Gasteiger charge is -2.34. The Bertz CT molecular complexity index is 1650. The molecule has 4 aromatic rings. The molecule has 5 rings (SSSR count). The molecule has 0 saturated carbocycles. The summed E-state index contributed by atoms with van der Waals surface area (Å²) in [5.41, 5.74) is 4.98. The van der Waals surface area contributed by atoms with Crippen LogP contribution in [-0.4, -0.2) is 75.5 Å². The topological polar surface area (TPSA) is 102 Å². The first-order valence-corrected chi connectivity index (χ1v) is 14.7. The second kappa shape index (κ2) is 13.7. The van der Waals surface area contributed by atoms with E-state index >= 15 is 0 Å². The van der Waals surface area contributed by atoms with E-state index in [1.54, 1.807) is 44.7 Å². The standard InChI is InChI=1S/C34H40N6O5/c1-22-18-23(2)32(24(3)19-22)45-34(41)40(28-11-9-26(42-5)21-30(28)44-7)31-12-13-35-33(37-31)36-25-8-10-27(29(20-25)43-6)39-16-14-38(4)15-17-39/h8-13,18-21H,14-17H2,1-7H3,(H,35,36,37). The number of carbonyl (C=O) groups excluding carboxylic acids is 1. The van der Waals surface area contributed by atoms with Gasteiger partial charge in [-0.3, -0.25) is 0 Å². The molecule has 0 atom stereocenters. The van der Waals surface area contributed by atoms with Gasteiger partial charge in [0.25, 0.3) is 0 Å². The number of nitrogens with one attached hydrogen (secondary N) is 1. The minimum atomic E-state index is -0.656. The van der Waals surface area contributed by atoms with Crippen molar-refractivity contribution in [2.24, 2.45) is 0 Å². The summed E-state index contributed by atoms with van der Waals surface area (Å²) in [4.78, 5) is 29.1. The van der Waals surface area contributed by atoms with Crippen LogP contribution < -0.4 is 34.1 Å². The number of benzene rings is 3. The van der Waals surface area contributed by atoms with Crippen molar-refractivity contribution in [2.45, 2.75) is 20.8 Å². The Morgan fingerprint density at radius 1 is 0.844 bits per heavy atom. The Kier molecular flexibility index (Phi) is 9.58. The van der Waals surface area contributed by atoms with Crippen LogP contribution in [-0.2, 0) is 0 Å². The molecule has 11 nitrogen and oxygen atoms in total. The van der Waals surface area contributed by atoms with Gasteiger partial charge in [-0.05, 0) is 63.2 Å². The number of aromatic nitrogens is 2. The quantitative estimate of drug-likeness (QED) is 0.233. The van der Waals surface area contributed by atoms with Crippen molar-refractivity contribution < 1.29 is 23.7 Å². The normalized spacial score (nSPS) is 13.3. The van der Waals surface area contributed by atoms with Crippen molar-refractivity contribution in [1.29, 1.82) is 0 Å². The van der Waals surface area contributed by atoms with Gasteiger partial charge in [0, 0.05) is 56.3 Å². The SMILES string of the molecule is COc1ccc(N(C(=O)Oc2c(C)cc(C)cc2C)c2ccnc(Nc3ccc(N4CCN(C)CC4)c(OC)c3)n2)c(OC)c1. The third kappa shape index (κ3) is 7.04. The van der Waals surface area contributed by atoms with Gasteiger partial charge >= 0.3 is 6.09 Å². The van der Waals surface area contributed by atoms with E-state index in [0.717, 1.165) is 60.0 Å². The van der Waals surface area contributed by atoms with Gasteiger partial charge in [0.05, 0.1) is 32.7 Å². The molecule has 45 heavy (non-hydrogen) atoms. The zero-order valence-corrected chi connectivity index (χ0v) is 26.9. The monoisotopic (exact) mass is 612 g/mol. The molecule has 2 heterocycles. The van der Waals surface area contributed by atoms with Crippen molar-refractivity contribution >= 4 is 34.9 Å². The summed E-state index contributed by atoms with van der Waals surface area (Å²) in [6.45, 7) is 9.66. The van der Waals surface area contributed by atoms with Crippen LogP contribution >= 0.6 is 0 Å². The Morgan fingerprint density at radius 3 is 2.22 bits per heavy atom. The van der Waals surface area contributed by atoms with Crippen LogP contribution in [0.5, 0.6) is 23.0 Å². The number of methoxy groups -OCH3 is 3. The Hall–Kier alpha value is -5.03. The number of hydrogen-bond donors (Lipinski definition) is 1. The third-order valence-corrected chi connectivity index (χ3v) is 7.75. The molecule has 1 N–H and O–H groups in total. The molecule has 3 aromatic carbocycles. The van der Waals surface area contributed by atoms with Crippen LogP contribution in [0.15, 0.2) is 60.8 Å². The summed E-state index contributed by atoms with van der Waals surface area (Å²) in [7, 11) is 6.89. The molecule has 0 aliphatic carbocycles. The fourth-order valence-corrected chi connectivity index (χ4v) is 5.47. The summed E-state index contributed by atoms with van der Waals surface area (Å²) in [6.07, 6.45) is 0.926. The Morgan fingerprint density at radius 2 is 1.56 bits per heavy atom. The highest BCUT2D eigenvalue weighted by Crippen LogP contribution is 2.38. The van der Waals surface area contributed by atoms with Gasteiger partial charge in [-0.25, -0.2) is 14.7 Å². The molecule has 0 unspecified atom stereocenters. The maximum atomic E-state index is 14.0. The maximum absolute atomic E-state index is 14.0. The Balaban J connectivity index is 1.49. The van der Waals surface area contributed by atoms with Crippen LogP contribution in [0, 0.1) is 20.8 Å². The zero-order valence-electron chi connectivity index (χ0n) is 26.9. The number of piperazine rings is 1. The first kappa shape index (κ1) is 31.4. The predicted octanol–water partition coefficient (Wildman–Crippen LogP) is 6.26. The number of hydrogen-bond acceptors (Lipinski definition) is 10. The largest absolute Gasteiger partial charge is 0.497 e. The number of amides is 1. The summed E-state index contributed by atoms with van der Waals surface area (Å²) in [5, 5.41) is 3.26. The molecule has 1 aromatic heterocycles. The van der Waals surface area contributed by atoms with Gasteiger partial charge in [0.2, 0.25) is 5.95 Å². The first-order chi connectivity index (χ1) is 21.7. The summed E-state index contributed by atoms with van der Waals surface area (Å²) in [6, 6.07) is 16.7. The molecule has 0 bridgehead atoms. The third-order valence-electron chi connectivity index (χ3n) is 7.75. The van der Waals surface area contributed by atoms with Crippen LogP contribution in [0.3, 0.4) is 0 Å². The van der Waals surface area contributed by atoms with Crippen LogP contribution in [0.2, 0.25) is 0 Å². The summed E-state index contributed by atoms with van der Waals surface area (Å²) < 4.78 is 22.8. The molecule has 1 fully saturated rings. The van der Waals surface area contributed by atoms with E-state index in [4.69, 9.17) is 23.9 Å². The molecule has 1 amide bonds. The molecule has 1 aliphatic heterocycles. The van der Waals surface area contributed by atoms with Crippen LogP contribution in [0.1, 0.15) is 16.7 Å². The maximum Gasteiger partial charge on any atom is 0.425 e. The number of rotatable bonds is 9. The first-order valence-electron chi connectivity index (χ1n) is 14.7. The van der Waals surface area contributed by atoms with Crippen molar-refractivity contribution in [3.63, 3.8) is 0 Å². The highest BCUT2D eigenvalue weighted by molar-refractivity contribution is 5.98. The van der Waals surface area contributed by atoms with E-state index in [1.165, 1.54) is 12.0 Å². The van der Waals surface area contributed by atoms with Crippen molar-refractivity contribution in [3.8, 4) is 23.0 Å². The average molecular weight is 613 g/mol. The molecular weight excluding hydrogens is 572 g/mol. The second-order valence-electron chi connectivity index (χ2n) is 11.0. The number of anilines is 5. The molecule has 1 aliphatic rings. The number of carbonyl (C=O) groups is 1. The zero-order chi connectivity index (χ0) is 32.1. The number of aryl methyl sites for hydroxylation is 3. The Labute approximate surface area is 264 Å². The van der Waals surface area contributed by atoms with Crippen LogP contribution in [0.4, 0.5) is 33.6 Å². The van der Waals surface area contributed by atoms with Gasteiger partial charge in [-0.1, -0.05) is 17.7 Å². The highest BCUT2D eigenvalue weighted by atomic mass is 16.6. The van der Waals surface area contributed by atoms with Gasteiger partial charge in [-0.2, -0.15) is 4.98 Å². The van der Waals surface area contributed by atoms with E-state index in [-0.39, 0.29) is 11.8 Å². The van der Waals surface area contributed by atoms with Crippen LogP contribution in [0.25, 0.3) is 0 Å². The molecule has 0 radical (unpaired) electrons. The van der Waals surface area contributed by atoms with Gasteiger partial charge in [-0.15, -0.1) is 0 Å². The van der Waals surface area contributed by atoms with E-state index < -0.39 is 6.09 Å². The highest BCUT2D eigenvalue weighted by Gasteiger charge is 2.27. The van der Waals surface area contributed by atoms with E-state index in [1.807, 2.05) is 51.1 Å².